The summed E-state index contributed by atoms with van der Waals surface area (Å²) in [6.07, 6.45) is 0. The molecule has 0 saturated heterocycles. The first kappa shape index (κ1) is 13.4. The first-order valence-corrected chi connectivity index (χ1v) is 6.96. The topological polar surface area (TPSA) is 39.4 Å². The lowest BCUT2D eigenvalue weighted by Crippen LogP contribution is -2.10. The molecule has 0 N–H and O–H groups in total. The van der Waals surface area contributed by atoms with E-state index < -0.39 is 0 Å². The van der Waals surface area contributed by atoms with Gasteiger partial charge in [-0.2, -0.15) is 0 Å². The smallest absolute Gasteiger partial charge is 0.235 e. The monoisotopic (exact) mass is 280 g/mol. The third kappa shape index (κ3) is 2.42. The van der Waals surface area contributed by atoms with Gasteiger partial charge < -0.3 is 9.15 Å². The number of hydrogen-bond acceptors (Lipinski definition) is 3. The van der Waals surface area contributed by atoms with Crippen molar-refractivity contribution in [2.75, 3.05) is 6.61 Å². The van der Waals surface area contributed by atoms with Crippen molar-refractivity contribution in [2.24, 2.45) is 0 Å². The first-order chi connectivity index (χ1) is 10.2. The van der Waals surface area contributed by atoms with Crippen molar-refractivity contribution in [1.29, 1.82) is 0 Å². The Morgan fingerprint density at radius 2 is 1.86 bits per heavy atom. The molecule has 2 aromatic carbocycles. The Kier molecular flexibility index (Phi) is 3.48. The highest BCUT2D eigenvalue weighted by atomic mass is 16.5. The number of fused-ring (bicyclic) bond motifs is 1. The second-order valence-corrected chi connectivity index (χ2v) is 4.89. The zero-order valence-corrected chi connectivity index (χ0v) is 12.1. The molecule has 0 saturated carbocycles. The van der Waals surface area contributed by atoms with Gasteiger partial charge in [-0.15, -0.1) is 0 Å². The number of rotatable bonds is 3. The van der Waals surface area contributed by atoms with Gasteiger partial charge >= 0.3 is 0 Å². The standard InChI is InChI=1S/C18H16O3/c1-3-20-18-16(19)14-11-12(2)9-10-15(14)21-17(18)13-7-5-4-6-8-13/h4-11H,3H2,1-2H3. The summed E-state index contributed by atoms with van der Waals surface area (Å²) in [5, 5.41) is 0.554. The summed E-state index contributed by atoms with van der Waals surface area (Å²) in [5.74, 6) is 0.764. The molecule has 0 amide bonds. The predicted molar refractivity (Wildman–Crippen MR) is 83.8 cm³/mol. The average Bonchev–Trinajstić information content (AvgIpc) is 2.51. The summed E-state index contributed by atoms with van der Waals surface area (Å²) < 4.78 is 11.5. The van der Waals surface area contributed by atoms with Gasteiger partial charge in [0.1, 0.15) is 5.58 Å². The lowest BCUT2D eigenvalue weighted by atomic mass is 10.1. The molecule has 0 radical (unpaired) electrons. The normalized spacial score (nSPS) is 10.8. The van der Waals surface area contributed by atoms with Crippen molar-refractivity contribution < 1.29 is 9.15 Å². The van der Waals surface area contributed by atoms with E-state index in [1.807, 2.05) is 62.4 Å². The van der Waals surface area contributed by atoms with E-state index in [-0.39, 0.29) is 11.2 Å². The van der Waals surface area contributed by atoms with Gasteiger partial charge in [-0.1, -0.05) is 42.0 Å². The van der Waals surface area contributed by atoms with Crippen LogP contribution < -0.4 is 10.2 Å². The molecule has 3 nitrogen and oxygen atoms in total. The third-order valence-corrected chi connectivity index (χ3v) is 3.33. The third-order valence-electron chi connectivity index (χ3n) is 3.33. The number of aryl methyl sites for hydroxylation is 1. The molecule has 1 aromatic heterocycles. The number of hydrogen-bond donors (Lipinski definition) is 0. The van der Waals surface area contributed by atoms with Crippen LogP contribution in [0.25, 0.3) is 22.3 Å². The molecule has 3 heteroatoms. The van der Waals surface area contributed by atoms with Crippen LogP contribution in [0.5, 0.6) is 5.75 Å². The molecular formula is C18H16O3. The van der Waals surface area contributed by atoms with Gasteiger partial charge in [0, 0.05) is 5.56 Å². The number of benzene rings is 2. The molecule has 0 spiro atoms. The van der Waals surface area contributed by atoms with E-state index in [9.17, 15) is 4.79 Å². The van der Waals surface area contributed by atoms with Gasteiger partial charge in [0.05, 0.1) is 12.0 Å². The van der Waals surface area contributed by atoms with Crippen LogP contribution in [0.2, 0.25) is 0 Å². The van der Waals surface area contributed by atoms with Crippen molar-refractivity contribution in [2.45, 2.75) is 13.8 Å². The molecular weight excluding hydrogens is 264 g/mol. The number of ether oxygens (including phenoxy) is 1. The van der Waals surface area contributed by atoms with Crippen molar-refractivity contribution in [1.82, 2.24) is 0 Å². The van der Waals surface area contributed by atoms with Crippen LogP contribution >= 0.6 is 0 Å². The minimum Gasteiger partial charge on any atom is -0.487 e. The highest BCUT2D eigenvalue weighted by molar-refractivity contribution is 5.82. The molecule has 0 unspecified atom stereocenters. The lowest BCUT2D eigenvalue weighted by Gasteiger charge is -2.10. The van der Waals surface area contributed by atoms with Crippen LogP contribution in [0, 0.1) is 6.92 Å². The quantitative estimate of drug-likeness (QED) is 0.723. The predicted octanol–water partition coefficient (Wildman–Crippen LogP) is 4.17. The molecule has 21 heavy (non-hydrogen) atoms. The Morgan fingerprint density at radius 3 is 2.57 bits per heavy atom. The van der Waals surface area contributed by atoms with Gasteiger partial charge in [-0.25, -0.2) is 0 Å². The highest BCUT2D eigenvalue weighted by Crippen LogP contribution is 2.30. The Balaban J connectivity index is 2.36. The maximum Gasteiger partial charge on any atom is 0.235 e. The Hall–Kier alpha value is -2.55. The Labute approximate surface area is 122 Å². The molecule has 0 fully saturated rings. The summed E-state index contributed by atoms with van der Waals surface area (Å²) in [6, 6.07) is 15.1. The fourth-order valence-electron chi connectivity index (χ4n) is 2.35. The maximum absolute atomic E-state index is 12.7. The van der Waals surface area contributed by atoms with E-state index >= 15 is 0 Å². The Morgan fingerprint density at radius 1 is 1.10 bits per heavy atom. The largest absolute Gasteiger partial charge is 0.487 e. The lowest BCUT2D eigenvalue weighted by molar-refractivity contribution is 0.330. The van der Waals surface area contributed by atoms with Gasteiger partial charge in [0.25, 0.3) is 0 Å². The SMILES string of the molecule is CCOc1c(-c2ccccc2)oc2ccc(C)cc2c1=O. The maximum atomic E-state index is 12.7. The molecule has 1 heterocycles. The van der Waals surface area contributed by atoms with Gasteiger partial charge in [-0.05, 0) is 26.0 Å². The second kappa shape index (κ2) is 5.44. The summed E-state index contributed by atoms with van der Waals surface area (Å²) in [7, 11) is 0. The van der Waals surface area contributed by atoms with Gasteiger partial charge in [0.15, 0.2) is 5.76 Å². The van der Waals surface area contributed by atoms with E-state index in [2.05, 4.69) is 0 Å². The summed E-state index contributed by atoms with van der Waals surface area (Å²) in [6.45, 7) is 4.22. The van der Waals surface area contributed by atoms with E-state index in [0.29, 0.717) is 23.3 Å². The van der Waals surface area contributed by atoms with Gasteiger partial charge in [-0.3, -0.25) is 4.79 Å². The molecule has 0 aliphatic carbocycles. The molecule has 0 atom stereocenters. The summed E-state index contributed by atoms with van der Waals surface area (Å²) in [4.78, 5) is 12.7. The average molecular weight is 280 g/mol. The molecule has 106 valence electrons. The van der Waals surface area contributed by atoms with Crippen LogP contribution in [0.1, 0.15) is 12.5 Å². The van der Waals surface area contributed by atoms with Crippen LogP contribution in [-0.2, 0) is 0 Å². The molecule has 0 bridgehead atoms. The second-order valence-electron chi connectivity index (χ2n) is 4.89. The molecule has 3 rings (SSSR count). The van der Waals surface area contributed by atoms with Crippen LogP contribution in [0.3, 0.4) is 0 Å². The van der Waals surface area contributed by atoms with E-state index in [0.717, 1.165) is 11.1 Å². The minimum atomic E-state index is -0.124. The molecule has 0 aliphatic rings. The Bertz CT molecular complexity index is 832. The fraction of sp³-hybridized carbons (Fsp3) is 0.167. The highest BCUT2D eigenvalue weighted by Gasteiger charge is 2.17. The molecule has 0 aliphatic heterocycles. The minimum absolute atomic E-state index is 0.124. The van der Waals surface area contributed by atoms with Crippen LogP contribution in [-0.4, -0.2) is 6.61 Å². The van der Waals surface area contributed by atoms with Crippen molar-refractivity contribution >= 4 is 11.0 Å². The van der Waals surface area contributed by atoms with E-state index in [4.69, 9.17) is 9.15 Å². The summed E-state index contributed by atoms with van der Waals surface area (Å²) >= 11 is 0. The van der Waals surface area contributed by atoms with Gasteiger partial charge in [0.2, 0.25) is 11.2 Å². The first-order valence-electron chi connectivity index (χ1n) is 6.96. The zero-order chi connectivity index (χ0) is 14.8. The van der Waals surface area contributed by atoms with E-state index in [1.54, 1.807) is 0 Å². The van der Waals surface area contributed by atoms with Crippen molar-refractivity contribution in [3.63, 3.8) is 0 Å². The zero-order valence-electron chi connectivity index (χ0n) is 12.1. The fourth-order valence-corrected chi connectivity index (χ4v) is 2.35. The van der Waals surface area contributed by atoms with Crippen LogP contribution in [0.4, 0.5) is 0 Å². The summed E-state index contributed by atoms with van der Waals surface area (Å²) in [5.41, 5.74) is 2.30. The van der Waals surface area contributed by atoms with Crippen molar-refractivity contribution in [3.8, 4) is 17.1 Å². The van der Waals surface area contributed by atoms with Crippen LogP contribution in [0.15, 0.2) is 57.7 Å². The molecule has 3 aromatic rings. The van der Waals surface area contributed by atoms with Crippen molar-refractivity contribution in [3.05, 3.63) is 64.3 Å². The van der Waals surface area contributed by atoms with E-state index in [1.165, 1.54) is 0 Å².